The second-order valence-corrected chi connectivity index (χ2v) is 6.37. The van der Waals surface area contributed by atoms with Crippen molar-refractivity contribution in [3.63, 3.8) is 0 Å². The minimum absolute atomic E-state index is 0.0374. The van der Waals surface area contributed by atoms with Gasteiger partial charge in [-0.05, 0) is 35.7 Å². The van der Waals surface area contributed by atoms with Gasteiger partial charge in [-0.15, -0.1) is 0 Å². The Hall–Kier alpha value is -2.65. The molecule has 0 saturated heterocycles. The molecule has 1 aromatic carbocycles. The number of pyridine rings is 1. The number of ether oxygens (including phenoxy) is 2. The van der Waals surface area contributed by atoms with Crippen LogP contribution < -0.4 is 4.74 Å². The summed E-state index contributed by atoms with van der Waals surface area (Å²) < 4.78 is 46.6. The molecule has 0 aliphatic carbocycles. The summed E-state index contributed by atoms with van der Waals surface area (Å²) in [7, 11) is 0. The lowest BCUT2D eigenvalue weighted by Crippen LogP contribution is -2.31. The van der Waals surface area contributed by atoms with E-state index in [-0.39, 0.29) is 13.0 Å². The molecule has 1 heterocycles. The quantitative estimate of drug-likeness (QED) is 0.621. The van der Waals surface area contributed by atoms with Crippen molar-refractivity contribution >= 4 is 5.97 Å². The number of hydrogen-bond donors (Lipinski definition) is 2. The fourth-order valence-corrected chi connectivity index (χ4v) is 2.45. The van der Waals surface area contributed by atoms with Crippen molar-refractivity contribution in [1.29, 1.82) is 0 Å². The molecule has 0 amide bonds. The Morgan fingerprint density at radius 3 is 2.31 bits per heavy atom. The Balaban J connectivity index is 1.89. The van der Waals surface area contributed by atoms with Crippen LogP contribution in [0.15, 0.2) is 42.6 Å². The molecule has 158 valence electrons. The van der Waals surface area contributed by atoms with E-state index >= 15 is 0 Å². The molecular formula is C20H22F3NO5. The number of benzene rings is 1. The molecule has 2 aromatic rings. The molecule has 6 nitrogen and oxygen atoms in total. The molecule has 29 heavy (non-hydrogen) atoms. The standard InChI is InChI=1S/C20H22F3NO5/c1-2-13-5-8-16(24-10-13)17(25)11-28-15-6-3-14(4-7-15)9-18(19(26)27)29-12-20(21,22)23/h3-8,10,17-18,25H,2,9,11-12H2,1H3,(H,26,27). The highest BCUT2D eigenvalue weighted by atomic mass is 19.4. The van der Waals surface area contributed by atoms with Crippen LogP contribution in [0.4, 0.5) is 13.2 Å². The molecule has 9 heteroatoms. The number of aliphatic hydroxyl groups is 1. The highest BCUT2D eigenvalue weighted by molar-refractivity contribution is 5.72. The third-order valence-corrected chi connectivity index (χ3v) is 4.07. The number of rotatable bonds is 10. The van der Waals surface area contributed by atoms with Crippen LogP contribution in [-0.2, 0) is 22.4 Å². The molecule has 2 atom stereocenters. The normalized spacial score (nSPS) is 13.7. The third-order valence-electron chi connectivity index (χ3n) is 4.07. The van der Waals surface area contributed by atoms with Crippen LogP contribution in [0.3, 0.4) is 0 Å². The fraction of sp³-hybridized carbons (Fsp3) is 0.400. The minimum Gasteiger partial charge on any atom is -0.490 e. The first-order valence-electron chi connectivity index (χ1n) is 8.93. The zero-order valence-corrected chi connectivity index (χ0v) is 15.7. The van der Waals surface area contributed by atoms with Crippen LogP contribution in [0.5, 0.6) is 5.75 Å². The fourth-order valence-electron chi connectivity index (χ4n) is 2.45. The van der Waals surface area contributed by atoms with E-state index < -0.39 is 31.0 Å². The maximum atomic E-state index is 12.2. The molecule has 0 saturated carbocycles. The Bertz CT molecular complexity index is 778. The Morgan fingerprint density at radius 1 is 1.14 bits per heavy atom. The van der Waals surface area contributed by atoms with Crippen LogP contribution in [0.2, 0.25) is 0 Å². The zero-order valence-electron chi connectivity index (χ0n) is 15.7. The van der Waals surface area contributed by atoms with E-state index in [0.717, 1.165) is 12.0 Å². The van der Waals surface area contributed by atoms with Gasteiger partial charge in [0, 0.05) is 12.6 Å². The van der Waals surface area contributed by atoms with Gasteiger partial charge >= 0.3 is 12.1 Å². The number of aromatic nitrogens is 1. The summed E-state index contributed by atoms with van der Waals surface area (Å²) in [5, 5.41) is 19.2. The number of carboxylic acid groups (broad SMARTS) is 1. The Morgan fingerprint density at radius 2 is 1.79 bits per heavy atom. The van der Waals surface area contributed by atoms with Gasteiger partial charge in [0.05, 0.1) is 5.69 Å². The summed E-state index contributed by atoms with van der Waals surface area (Å²) in [6, 6.07) is 9.74. The lowest BCUT2D eigenvalue weighted by molar-refractivity contribution is -0.192. The van der Waals surface area contributed by atoms with Crippen LogP contribution in [0.1, 0.15) is 29.8 Å². The van der Waals surface area contributed by atoms with E-state index in [9.17, 15) is 23.1 Å². The molecule has 0 bridgehead atoms. The van der Waals surface area contributed by atoms with Crippen LogP contribution in [-0.4, -0.2) is 46.7 Å². The van der Waals surface area contributed by atoms with Gasteiger partial charge in [-0.1, -0.05) is 25.1 Å². The van der Waals surface area contributed by atoms with Crippen LogP contribution in [0.25, 0.3) is 0 Å². The van der Waals surface area contributed by atoms with E-state index in [2.05, 4.69) is 9.72 Å². The number of halogens is 3. The third kappa shape index (κ3) is 7.71. The molecule has 0 radical (unpaired) electrons. The van der Waals surface area contributed by atoms with E-state index in [1.165, 1.54) is 12.1 Å². The Kier molecular flexibility index (Phi) is 7.98. The molecule has 1 aromatic heterocycles. The lowest BCUT2D eigenvalue weighted by Gasteiger charge is -2.16. The second kappa shape index (κ2) is 10.2. The summed E-state index contributed by atoms with van der Waals surface area (Å²) >= 11 is 0. The van der Waals surface area contributed by atoms with Crippen LogP contribution in [0, 0.1) is 0 Å². The predicted molar refractivity (Wildman–Crippen MR) is 97.6 cm³/mol. The van der Waals surface area contributed by atoms with Gasteiger partial charge in [0.25, 0.3) is 0 Å². The summed E-state index contributed by atoms with van der Waals surface area (Å²) in [5.41, 5.74) is 2.01. The number of nitrogens with zero attached hydrogens (tertiary/aromatic N) is 1. The van der Waals surface area contributed by atoms with Gasteiger partial charge < -0.3 is 19.7 Å². The van der Waals surface area contributed by atoms with Gasteiger partial charge in [-0.3, -0.25) is 4.98 Å². The predicted octanol–water partition coefficient (Wildman–Crippen LogP) is 3.33. The number of aliphatic carboxylic acids is 1. The molecule has 2 N–H and O–H groups in total. The van der Waals surface area contributed by atoms with Crippen LogP contribution >= 0.6 is 0 Å². The summed E-state index contributed by atoms with van der Waals surface area (Å²) in [4.78, 5) is 15.3. The van der Waals surface area contributed by atoms with Crippen molar-refractivity contribution in [3.05, 3.63) is 59.4 Å². The van der Waals surface area contributed by atoms with Crippen molar-refractivity contribution in [3.8, 4) is 5.75 Å². The number of hydrogen-bond acceptors (Lipinski definition) is 5. The largest absolute Gasteiger partial charge is 0.490 e. The first-order chi connectivity index (χ1) is 13.7. The molecule has 0 fully saturated rings. The number of alkyl halides is 3. The van der Waals surface area contributed by atoms with Gasteiger partial charge in [-0.25, -0.2) is 4.79 Å². The van der Waals surface area contributed by atoms with Gasteiger partial charge in [0.1, 0.15) is 25.1 Å². The Labute approximate surface area is 165 Å². The van der Waals surface area contributed by atoms with Crippen molar-refractivity contribution in [1.82, 2.24) is 4.98 Å². The number of aliphatic hydroxyl groups excluding tert-OH is 1. The van der Waals surface area contributed by atoms with Crippen molar-refractivity contribution in [2.24, 2.45) is 0 Å². The van der Waals surface area contributed by atoms with E-state index in [0.29, 0.717) is 17.0 Å². The summed E-state index contributed by atoms with van der Waals surface area (Å²) in [6.07, 6.45) is -4.82. The smallest absolute Gasteiger partial charge is 0.411 e. The lowest BCUT2D eigenvalue weighted by atomic mass is 10.1. The molecule has 0 aliphatic heterocycles. The van der Waals surface area contributed by atoms with Gasteiger partial charge in [-0.2, -0.15) is 13.2 Å². The topological polar surface area (TPSA) is 88.9 Å². The molecule has 2 unspecified atom stereocenters. The average molecular weight is 413 g/mol. The molecule has 0 aliphatic rings. The van der Waals surface area contributed by atoms with Gasteiger partial charge in [0.15, 0.2) is 6.10 Å². The maximum absolute atomic E-state index is 12.2. The summed E-state index contributed by atoms with van der Waals surface area (Å²) in [5.74, 6) is -1.06. The number of carbonyl (C=O) groups is 1. The number of aryl methyl sites for hydroxylation is 1. The highest BCUT2D eigenvalue weighted by Gasteiger charge is 2.31. The van der Waals surface area contributed by atoms with Crippen molar-refractivity contribution < 1.29 is 37.7 Å². The summed E-state index contributed by atoms with van der Waals surface area (Å²) in [6.45, 7) is 0.335. The number of carboxylic acids is 1. The first kappa shape index (κ1) is 22.6. The maximum Gasteiger partial charge on any atom is 0.411 e. The van der Waals surface area contributed by atoms with Gasteiger partial charge in [0.2, 0.25) is 0 Å². The highest BCUT2D eigenvalue weighted by Crippen LogP contribution is 2.19. The molecular weight excluding hydrogens is 391 g/mol. The zero-order chi connectivity index (χ0) is 21.4. The van der Waals surface area contributed by atoms with Crippen molar-refractivity contribution in [2.75, 3.05) is 13.2 Å². The molecule has 0 spiro atoms. The van der Waals surface area contributed by atoms with E-state index in [1.807, 2.05) is 13.0 Å². The molecule has 2 rings (SSSR count). The monoisotopic (exact) mass is 413 g/mol. The minimum atomic E-state index is -4.60. The van der Waals surface area contributed by atoms with E-state index in [1.54, 1.807) is 24.4 Å². The first-order valence-corrected chi connectivity index (χ1v) is 8.93. The second-order valence-electron chi connectivity index (χ2n) is 6.37. The van der Waals surface area contributed by atoms with Crippen molar-refractivity contribution in [2.45, 2.75) is 38.1 Å². The SMILES string of the molecule is CCc1ccc(C(O)COc2ccc(CC(OCC(F)(F)F)C(=O)O)cc2)nc1. The average Bonchev–Trinajstić information content (AvgIpc) is 2.69. The van der Waals surface area contributed by atoms with E-state index in [4.69, 9.17) is 9.84 Å².